The quantitative estimate of drug-likeness (QED) is 0.540. The molecular formula is C23H27N3O5. The summed E-state index contributed by atoms with van der Waals surface area (Å²) in [7, 11) is 6.50. The van der Waals surface area contributed by atoms with Crippen LogP contribution in [0.25, 0.3) is 11.4 Å². The molecule has 0 N–H and O–H groups in total. The minimum Gasteiger partial charge on any atom is -0.497 e. The highest BCUT2D eigenvalue weighted by atomic mass is 16.5. The zero-order valence-electron chi connectivity index (χ0n) is 18.3. The molecule has 3 aromatic rings. The average Bonchev–Trinajstić information content (AvgIpc) is 3.48. The molecule has 1 aromatic heterocycles. The maximum absolute atomic E-state index is 5.59. The third kappa shape index (κ3) is 4.44. The van der Waals surface area contributed by atoms with Gasteiger partial charge in [0.05, 0.1) is 34.4 Å². The van der Waals surface area contributed by atoms with Crippen molar-refractivity contribution in [3.63, 3.8) is 0 Å². The van der Waals surface area contributed by atoms with Crippen LogP contribution >= 0.6 is 0 Å². The van der Waals surface area contributed by atoms with E-state index in [0.29, 0.717) is 29.0 Å². The van der Waals surface area contributed by atoms with Gasteiger partial charge in [-0.1, -0.05) is 17.3 Å². The van der Waals surface area contributed by atoms with Gasteiger partial charge in [-0.05, 0) is 42.8 Å². The van der Waals surface area contributed by atoms with Crippen molar-refractivity contribution in [3.8, 4) is 34.4 Å². The van der Waals surface area contributed by atoms with Crippen molar-refractivity contribution in [3.05, 3.63) is 47.9 Å². The molecule has 2 heterocycles. The second kappa shape index (κ2) is 9.26. The van der Waals surface area contributed by atoms with Gasteiger partial charge in [0.15, 0.2) is 11.5 Å². The number of ether oxygens (including phenoxy) is 4. The van der Waals surface area contributed by atoms with Gasteiger partial charge >= 0.3 is 0 Å². The van der Waals surface area contributed by atoms with E-state index in [1.54, 1.807) is 28.4 Å². The molecule has 1 aliphatic rings. The SMILES string of the molecule is COc1cccc(-c2noc(C3CCN(Cc4cc(OC)c(OC)c(OC)c4)C3)n2)c1. The molecule has 0 saturated carbocycles. The fourth-order valence-electron chi connectivity index (χ4n) is 3.94. The molecule has 0 aliphatic carbocycles. The van der Waals surface area contributed by atoms with Crippen LogP contribution in [0.5, 0.6) is 23.0 Å². The van der Waals surface area contributed by atoms with Crippen molar-refractivity contribution in [1.82, 2.24) is 15.0 Å². The molecule has 0 radical (unpaired) electrons. The number of likely N-dealkylation sites (tertiary alicyclic amines) is 1. The van der Waals surface area contributed by atoms with Crippen LogP contribution in [0.4, 0.5) is 0 Å². The van der Waals surface area contributed by atoms with Crippen LogP contribution in [-0.2, 0) is 6.54 Å². The van der Waals surface area contributed by atoms with Gasteiger partial charge in [0, 0.05) is 18.7 Å². The normalized spacial score (nSPS) is 16.3. The summed E-state index contributed by atoms with van der Waals surface area (Å²) in [6.07, 6.45) is 0.962. The summed E-state index contributed by atoms with van der Waals surface area (Å²) in [6, 6.07) is 11.6. The molecule has 8 nitrogen and oxygen atoms in total. The van der Waals surface area contributed by atoms with Crippen molar-refractivity contribution in [2.24, 2.45) is 0 Å². The van der Waals surface area contributed by atoms with Crippen molar-refractivity contribution < 1.29 is 23.5 Å². The Balaban J connectivity index is 1.45. The molecule has 0 bridgehead atoms. The van der Waals surface area contributed by atoms with Crippen molar-refractivity contribution in [2.45, 2.75) is 18.9 Å². The molecule has 31 heavy (non-hydrogen) atoms. The lowest BCUT2D eigenvalue weighted by Gasteiger charge is -2.18. The predicted octanol–water partition coefficient (Wildman–Crippen LogP) is 3.76. The predicted molar refractivity (Wildman–Crippen MR) is 115 cm³/mol. The Labute approximate surface area is 181 Å². The Morgan fingerprint density at radius 3 is 2.45 bits per heavy atom. The Kier molecular flexibility index (Phi) is 6.27. The maximum Gasteiger partial charge on any atom is 0.231 e. The lowest BCUT2D eigenvalue weighted by atomic mass is 10.1. The molecular weight excluding hydrogens is 398 g/mol. The summed E-state index contributed by atoms with van der Waals surface area (Å²) in [5.74, 6) is 4.14. The van der Waals surface area contributed by atoms with Gasteiger partial charge < -0.3 is 23.5 Å². The molecule has 0 amide bonds. The number of benzene rings is 2. The third-order valence-electron chi connectivity index (χ3n) is 5.52. The largest absolute Gasteiger partial charge is 0.497 e. The van der Waals surface area contributed by atoms with Crippen LogP contribution in [0.2, 0.25) is 0 Å². The number of nitrogens with zero attached hydrogens (tertiary/aromatic N) is 3. The molecule has 2 aromatic carbocycles. The third-order valence-corrected chi connectivity index (χ3v) is 5.52. The number of hydrogen-bond acceptors (Lipinski definition) is 8. The molecule has 1 aliphatic heterocycles. The zero-order chi connectivity index (χ0) is 21.8. The molecule has 8 heteroatoms. The van der Waals surface area contributed by atoms with Crippen LogP contribution in [0.1, 0.15) is 23.8 Å². The number of methoxy groups -OCH3 is 4. The Morgan fingerprint density at radius 1 is 1.00 bits per heavy atom. The Morgan fingerprint density at radius 2 is 1.77 bits per heavy atom. The minimum absolute atomic E-state index is 0.203. The van der Waals surface area contributed by atoms with E-state index in [2.05, 4.69) is 15.0 Å². The van der Waals surface area contributed by atoms with Crippen molar-refractivity contribution in [2.75, 3.05) is 41.5 Å². The monoisotopic (exact) mass is 425 g/mol. The van der Waals surface area contributed by atoms with E-state index in [9.17, 15) is 0 Å². The zero-order valence-corrected chi connectivity index (χ0v) is 18.3. The van der Waals surface area contributed by atoms with Crippen LogP contribution in [0, 0.1) is 0 Å². The maximum atomic E-state index is 5.59. The fraction of sp³-hybridized carbons (Fsp3) is 0.391. The van der Waals surface area contributed by atoms with E-state index in [1.165, 1.54) is 0 Å². The molecule has 4 rings (SSSR count). The summed E-state index contributed by atoms with van der Waals surface area (Å²) in [4.78, 5) is 7.00. The van der Waals surface area contributed by atoms with Gasteiger partial charge in [-0.3, -0.25) is 4.90 Å². The van der Waals surface area contributed by atoms with Crippen molar-refractivity contribution in [1.29, 1.82) is 0 Å². The Hall–Kier alpha value is -3.26. The van der Waals surface area contributed by atoms with Crippen LogP contribution in [0.3, 0.4) is 0 Å². The molecule has 1 unspecified atom stereocenters. The molecule has 1 fully saturated rings. The highest BCUT2D eigenvalue weighted by Gasteiger charge is 2.29. The summed E-state index contributed by atoms with van der Waals surface area (Å²) in [6.45, 7) is 2.55. The van der Waals surface area contributed by atoms with Gasteiger partial charge in [-0.25, -0.2) is 0 Å². The number of rotatable bonds is 8. The van der Waals surface area contributed by atoms with Gasteiger partial charge in [0.25, 0.3) is 0 Å². The van der Waals surface area contributed by atoms with Gasteiger partial charge in [-0.2, -0.15) is 4.98 Å². The smallest absolute Gasteiger partial charge is 0.231 e. The highest BCUT2D eigenvalue weighted by molar-refractivity contribution is 5.57. The van der Waals surface area contributed by atoms with E-state index in [0.717, 1.165) is 42.9 Å². The standard InChI is InChI=1S/C23H27N3O5/c1-27-18-7-5-6-16(12-18)22-24-23(31-25-22)17-8-9-26(14-17)13-15-10-19(28-2)21(30-4)20(11-15)29-3/h5-7,10-12,17H,8-9,13-14H2,1-4H3. The van der Waals surface area contributed by atoms with Gasteiger partial charge in [0.2, 0.25) is 17.5 Å². The van der Waals surface area contributed by atoms with Gasteiger partial charge in [-0.15, -0.1) is 0 Å². The lowest BCUT2D eigenvalue weighted by Crippen LogP contribution is -2.20. The van der Waals surface area contributed by atoms with E-state index in [4.69, 9.17) is 23.5 Å². The van der Waals surface area contributed by atoms with Crippen LogP contribution < -0.4 is 18.9 Å². The molecule has 1 saturated heterocycles. The minimum atomic E-state index is 0.203. The Bertz CT molecular complexity index is 1010. The van der Waals surface area contributed by atoms with E-state index < -0.39 is 0 Å². The first-order chi connectivity index (χ1) is 15.1. The lowest BCUT2D eigenvalue weighted by molar-refractivity contribution is 0.303. The van der Waals surface area contributed by atoms with Crippen LogP contribution in [-0.4, -0.2) is 56.6 Å². The summed E-state index contributed by atoms with van der Waals surface area (Å²) in [5.41, 5.74) is 1.97. The first-order valence-electron chi connectivity index (χ1n) is 10.1. The molecule has 0 spiro atoms. The average molecular weight is 425 g/mol. The van der Waals surface area contributed by atoms with E-state index >= 15 is 0 Å². The molecule has 164 valence electrons. The second-order valence-electron chi connectivity index (χ2n) is 7.44. The van der Waals surface area contributed by atoms with E-state index in [1.807, 2.05) is 36.4 Å². The number of aromatic nitrogens is 2. The number of hydrogen-bond donors (Lipinski definition) is 0. The first-order valence-corrected chi connectivity index (χ1v) is 10.1. The topological polar surface area (TPSA) is 79.1 Å². The summed E-state index contributed by atoms with van der Waals surface area (Å²) in [5, 5.41) is 4.17. The van der Waals surface area contributed by atoms with Crippen LogP contribution in [0.15, 0.2) is 40.9 Å². The molecule has 1 atom stereocenters. The van der Waals surface area contributed by atoms with E-state index in [-0.39, 0.29) is 5.92 Å². The highest BCUT2D eigenvalue weighted by Crippen LogP contribution is 2.39. The van der Waals surface area contributed by atoms with Crippen molar-refractivity contribution >= 4 is 0 Å². The van der Waals surface area contributed by atoms with Gasteiger partial charge in [0.1, 0.15) is 5.75 Å². The summed E-state index contributed by atoms with van der Waals surface area (Å²) >= 11 is 0. The second-order valence-corrected chi connectivity index (χ2v) is 7.44. The fourth-order valence-corrected chi connectivity index (χ4v) is 3.94. The summed E-state index contributed by atoms with van der Waals surface area (Å²) < 4.78 is 27.2. The first kappa shape index (κ1) is 21.0.